The standard InChI is InChI=1S/C25H32Cl2N2O2/c1-4-14-29(15-5-2)16-6-7-20-18-21(10-12-24(20)31-3)28-25(30)13-9-19-8-11-22(26)23(27)17-19/h8-13,17-18H,4-7,14-16H2,1-3H3,(H,28,30). The number of amides is 1. The monoisotopic (exact) mass is 462 g/mol. The summed E-state index contributed by atoms with van der Waals surface area (Å²) in [5, 5.41) is 3.87. The van der Waals surface area contributed by atoms with Gasteiger partial charge in [-0.25, -0.2) is 0 Å². The number of benzene rings is 2. The normalized spacial score (nSPS) is 11.3. The maximum absolute atomic E-state index is 12.4. The van der Waals surface area contributed by atoms with Gasteiger partial charge in [-0.1, -0.05) is 43.1 Å². The van der Waals surface area contributed by atoms with Crippen LogP contribution in [0.4, 0.5) is 5.69 Å². The summed E-state index contributed by atoms with van der Waals surface area (Å²) >= 11 is 11.9. The summed E-state index contributed by atoms with van der Waals surface area (Å²) in [6.45, 7) is 7.76. The molecule has 31 heavy (non-hydrogen) atoms. The molecule has 0 atom stereocenters. The molecule has 0 aliphatic rings. The van der Waals surface area contributed by atoms with Crippen LogP contribution in [0.25, 0.3) is 6.08 Å². The molecule has 2 aromatic carbocycles. The molecule has 168 valence electrons. The van der Waals surface area contributed by atoms with Gasteiger partial charge in [0, 0.05) is 11.8 Å². The van der Waals surface area contributed by atoms with E-state index in [1.165, 1.54) is 18.9 Å². The lowest BCUT2D eigenvalue weighted by atomic mass is 10.1. The lowest BCUT2D eigenvalue weighted by Gasteiger charge is -2.21. The lowest BCUT2D eigenvalue weighted by molar-refractivity contribution is -0.111. The molecule has 0 aliphatic heterocycles. The van der Waals surface area contributed by atoms with Crippen molar-refractivity contribution >= 4 is 40.9 Å². The van der Waals surface area contributed by atoms with Gasteiger partial charge in [0.15, 0.2) is 0 Å². The van der Waals surface area contributed by atoms with Gasteiger partial charge in [-0.2, -0.15) is 0 Å². The zero-order chi connectivity index (χ0) is 22.6. The largest absolute Gasteiger partial charge is 0.496 e. The van der Waals surface area contributed by atoms with Crippen molar-refractivity contribution in [2.75, 3.05) is 32.1 Å². The minimum absolute atomic E-state index is 0.209. The number of ether oxygens (including phenoxy) is 1. The fraction of sp³-hybridized carbons (Fsp3) is 0.400. The topological polar surface area (TPSA) is 41.6 Å². The van der Waals surface area contributed by atoms with E-state index in [0.29, 0.717) is 10.0 Å². The molecule has 0 aliphatic carbocycles. The number of halogens is 2. The third kappa shape index (κ3) is 8.56. The molecule has 1 N–H and O–H groups in total. The Kier molecular flexibility index (Phi) is 10.9. The first kappa shape index (κ1) is 25.3. The summed E-state index contributed by atoms with van der Waals surface area (Å²) < 4.78 is 5.52. The molecule has 0 bridgehead atoms. The van der Waals surface area contributed by atoms with Crippen LogP contribution in [0.2, 0.25) is 10.0 Å². The number of nitrogens with zero attached hydrogens (tertiary/aromatic N) is 1. The quantitative estimate of drug-likeness (QED) is 0.356. The van der Waals surface area contributed by atoms with E-state index in [1.54, 1.807) is 25.3 Å². The van der Waals surface area contributed by atoms with Crippen LogP contribution in [0.5, 0.6) is 5.75 Å². The predicted octanol–water partition coefficient (Wildman–Crippen LogP) is 6.71. The minimum atomic E-state index is -0.209. The van der Waals surface area contributed by atoms with Crippen LogP contribution in [0.15, 0.2) is 42.5 Å². The molecule has 0 spiro atoms. The Morgan fingerprint density at radius 1 is 1.03 bits per heavy atom. The zero-order valence-electron chi connectivity index (χ0n) is 18.6. The average Bonchev–Trinajstić information content (AvgIpc) is 2.75. The third-order valence-electron chi connectivity index (χ3n) is 4.92. The van der Waals surface area contributed by atoms with Crippen molar-refractivity contribution in [1.82, 2.24) is 4.90 Å². The summed E-state index contributed by atoms with van der Waals surface area (Å²) in [6, 6.07) is 11.0. The summed E-state index contributed by atoms with van der Waals surface area (Å²) in [5.74, 6) is 0.640. The number of hydrogen-bond acceptors (Lipinski definition) is 3. The molecular formula is C25H32Cl2N2O2. The van der Waals surface area contributed by atoms with Crippen molar-refractivity contribution in [3.63, 3.8) is 0 Å². The van der Waals surface area contributed by atoms with Gasteiger partial charge in [-0.3, -0.25) is 4.79 Å². The molecule has 0 unspecified atom stereocenters. The third-order valence-corrected chi connectivity index (χ3v) is 5.66. The van der Waals surface area contributed by atoms with Crippen LogP contribution < -0.4 is 10.1 Å². The van der Waals surface area contributed by atoms with E-state index < -0.39 is 0 Å². The lowest BCUT2D eigenvalue weighted by Crippen LogP contribution is -2.26. The number of anilines is 1. The highest BCUT2D eigenvalue weighted by Gasteiger charge is 2.08. The smallest absolute Gasteiger partial charge is 0.248 e. The van der Waals surface area contributed by atoms with Gasteiger partial charge < -0.3 is 15.0 Å². The summed E-state index contributed by atoms with van der Waals surface area (Å²) in [5.41, 5.74) is 2.66. The second-order valence-electron chi connectivity index (χ2n) is 7.47. The fourth-order valence-corrected chi connectivity index (χ4v) is 3.79. The molecule has 0 radical (unpaired) electrons. The van der Waals surface area contributed by atoms with Gasteiger partial charge in [0.25, 0.3) is 0 Å². The molecule has 0 aromatic heterocycles. The summed E-state index contributed by atoms with van der Waals surface area (Å²) in [6.07, 6.45) is 7.47. The predicted molar refractivity (Wildman–Crippen MR) is 132 cm³/mol. The number of aryl methyl sites for hydroxylation is 1. The molecular weight excluding hydrogens is 431 g/mol. The van der Waals surface area contributed by atoms with Gasteiger partial charge >= 0.3 is 0 Å². The van der Waals surface area contributed by atoms with Crippen molar-refractivity contribution in [1.29, 1.82) is 0 Å². The fourth-order valence-electron chi connectivity index (χ4n) is 3.48. The van der Waals surface area contributed by atoms with E-state index in [-0.39, 0.29) is 5.91 Å². The SMILES string of the molecule is CCCN(CCC)CCCc1cc(NC(=O)C=Cc2ccc(Cl)c(Cl)c2)ccc1OC. The van der Waals surface area contributed by atoms with E-state index in [0.717, 1.165) is 55.0 Å². The Morgan fingerprint density at radius 3 is 2.42 bits per heavy atom. The minimum Gasteiger partial charge on any atom is -0.496 e. The maximum atomic E-state index is 12.4. The highest BCUT2D eigenvalue weighted by molar-refractivity contribution is 6.42. The van der Waals surface area contributed by atoms with E-state index in [4.69, 9.17) is 27.9 Å². The highest BCUT2D eigenvalue weighted by Crippen LogP contribution is 2.25. The van der Waals surface area contributed by atoms with Crippen LogP contribution in [-0.4, -0.2) is 37.6 Å². The summed E-state index contributed by atoms with van der Waals surface area (Å²) in [7, 11) is 1.68. The van der Waals surface area contributed by atoms with Gasteiger partial charge in [0.1, 0.15) is 5.75 Å². The zero-order valence-corrected chi connectivity index (χ0v) is 20.1. The molecule has 6 heteroatoms. The van der Waals surface area contributed by atoms with Crippen LogP contribution in [0.3, 0.4) is 0 Å². The number of carbonyl (C=O) groups excluding carboxylic acids is 1. The highest BCUT2D eigenvalue weighted by atomic mass is 35.5. The Labute approximate surface area is 196 Å². The summed E-state index contributed by atoms with van der Waals surface area (Å²) in [4.78, 5) is 14.9. The van der Waals surface area contributed by atoms with Gasteiger partial charge in [-0.15, -0.1) is 0 Å². The van der Waals surface area contributed by atoms with Crippen LogP contribution >= 0.6 is 23.2 Å². The van der Waals surface area contributed by atoms with E-state index in [9.17, 15) is 4.79 Å². The molecule has 2 rings (SSSR count). The van der Waals surface area contributed by atoms with Gasteiger partial charge in [0.05, 0.1) is 17.2 Å². The first-order valence-corrected chi connectivity index (χ1v) is 11.6. The first-order valence-electron chi connectivity index (χ1n) is 10.8. The molecule has 0 fully saturated rings. The Bertz CT molecular complexity index is 878. The molecule has 0 heterocycles. The second kappa shape index (κ2) is 13.4. The Morgan fingerprint density at radius 2 is 1.77 bits per heavy atom. The van der Waals surface area contributed by atoms with Crippen molar-refractivity contribution in [2.24, 2.45) is 0 Å². The molecule has 4 nitrogen and oxygen atoms in total. The second-order valence-corrected chi connectivity index (χ2v) is 8.28. The van der Waals surface area contributed by atoms with Crippen LogP contribution in [-0.2, 0) is 11.2 Å². The number of nitrogens with one attached hydrogen (secondary N) is 1. The molecule has 0 saturated heterocycles. The van der Waals surface area contributed by atoms with Gasteiger partial charge in [0.2, 0.25) is 5.91 Å². The molecule has 1 amide bonds. The van der Waals surface area contributed by atoms with Gasteiger partial charge in [-0.05, 0) is 92.9 Å². The van der Waals surface area contributed by atoms with E-state index in [1.807, 2.05) is 24.3 Å². The van der Waals surface area contributed by atoms with Crippen LogP contribution in [0, 0.1) is 0 Å². The van der Waals surface area contributed by atoms with Crippen LogP contribution in [0.1, 0.15) is 44.2 Å². The first-order chi connectivity index (χ1) is 15.0. The van der Waals surface area contributed by atoms with Crippen molar-refractivity contribution in [3.05, 3.63) is 63.6 Å². The number of hydrogen-bond donors (Lipinski definition) is 1. The molecule has 2 aromatic rings. The number of rotatable bonds is 12. The maximum Gasteiger partial charge on any atom is 0.248 e. The average molecular weight is 463 g/mol. The van der Waals surface area contributed by atoms with E-state index in [2.05, 4.69) is 24.1 Å². The van der Waals surface area contributed by atoms with Crippen molar-refractivity contribution in [3.8, 4) is 5.75 Å². The molecule has 0 saturated carbocycles. The van der Waals surface area contributed by atoms with Crippen molar-refractivity contribution in [2.45, 2.75) is 39.5 Å². The van der Waals surface area contributed by atoms with Crippen molar-refractivity contribution < 1.29 is 9.53 Å². The number of methoxy groups -OCH3 is 1. The van der Waals surface area contributed by atoms with E-state index >= 15 is 0 Å². The Balaban J connectivity index is 1.99. The Hall–Kier alpha value is -2.01. The number of carbonyl (C=O) groups is 1.